The first kappa shape index (κ1) is 19.5. The molecule has 0 heterocycles. The highest BCUT2D eigenvalue weighted by Gasteiger charge is 2.02. The molecule has 0 aliphatic heterocycles. The Kier molecular flexibility index (Phi) is 9.33. The number of ether oxygens (including phenoxy) is 1. The van der Waals surface area contributed by atoms with E-state index in [9.17, 15) is 0 Å². The first-order valence-corrected chi connectivity index (χ1v) is 8.32. The Hall–Kier alpha value is -1.59. The van der Waals surface area contributed by atoms with Crippen molar-refractivity contribution in [3.63, 3.8) is 0 Å². The average molecular weight is 320 g/mol. The van der Waals surface area contributed by atoms with Gasteiger partial charge >= 0.3 is 0 Å². The summed E-state index contributed by atoms with van der Waals surface area (Å²) in [5.74, 6) is 0.868. The normalized spacial score (nSPS) is 11.8. The summed E-state index contributed by atoms with van der Waals surface area (Å²) in [5.41, 5.74) is 3.85. The van der Waals surface area contributed by atoms with Crippen LogP contribution in [0.2, 0.25) is 0 Å². The summed E-state index contributed by atoms with van der Waals surface area (Å²) >= 11 is 0. The number of nitrogens with one attached hydrogen (secondary N) is 2. The molecule has 0 saturated heterocycles. The zero-order valence-electron chi connectivity index (χ0n) is 15.3. The van der Waals surface area contributed by atoms with E-state index in [1.54, 1.807) is 7.11 Å². The van der Waals surface area contributed by atoms with Crippen molar-refractivity contribution >= 4 is 5.96 Å². The topological polar surface area (TPSA) is 48.9 Å². The Morgan fingerprint density at radius 3 is 2.65 bits per heavy atom. The number of likely N-dealkylation sites (N-methyl/N-ethyl adjacent to an activating group) is 1. The van der Waals surface area contributed by atoms with Crippen LogP contribution in [0.1, 0.15) is 23.6 Å². The van der Waals surface area contributed by atoms with Gasteiger partial charge in [-0.2, -0.15) is 0 Å². The molecule has 0 aliphatic carbocycles. The Morgan fingerprint density at radius 2 is 2.00 bits per heavy atom. The number of aryl methyl sites for hydroxylation is 2. The molecule has 0 atom stereocenters. The number of hydrogen-bond acceptors (Lipinski definition) is 3. The molecular formula is C18H32N4O. The molecule has 0 fully saturated rings. The van der Waals surface area contributed by atoms with Crippen molar-refractivity contribution in [3.05, 3.63) is 34.9 Å². The lowest BCUT2D eigenvalue weighted by Gasteiger charge is -2.17. The van der Waals surface area contributed by atoms with Gasteiger partial charge in [0.05, 0.1) is 13.2 Å². The van der Waals surface area contributed by atoms with Gasteiger partial charge in [0.1, 0.15) is 0 Å². The molecule has 0 aromatic heterocycles. The smallest absolute Gasteiger partial charge is 0.191 e. The first-order chi connectivity index (χ1) is 11.1. The summed E-state index contributed by atoms with van der Waals surface area (Å²) in [7, 11) is 3.83. The SMILES string of the molecule is CCNC(=NCc1ccc(C)cc1C)NCCN(C)CCOC. The third kappa shape index (κ3) is 8.00. The number of methoxy groups -OCH3 is 1. The van der Waals surface area contributed by atoms with Crippen molar-refractivity contribution in [1.82, 2.24) is 15.5 Å². The average Bonchev–Trinajstić information content (AvgIpc) is 2.52. The molecular weight excluding hydrogens is 288 g/mol. The molecule has 0 amide bonds. The van der Waals surface area contributed by atoms with Crippen molar-refractivity contribution in [1.29, 1.82) is 0 Å². The largest absolute Gasteiger partial charge is 0.383 e. The maximum atomic E-state index is 5.09. The van der Waals surface area contributed by atoms with E-state index in [-0.39, 0.29) is 0 Å². The molecule has 1 aromatic rings. The number of aliphatic imine (C=N–C) groups is 1. The highest BCUT2D eigenvalue weighted by Crippen LogP contribution is 2.11. The fraction of sp³-hybridized carbons (Fsp3) is 0.611. The Morgan fingerprint density at radius 1 is 1.22 bits per heavy atom. The summed E-state index contributed by atoms with van der Waals surface area (Å²) in [6.07, 6.45) is 0. The maximum Gasteiger partial charge on any atom is 0.191 e. The van der Waals surface area contributed by atoms with Crippen molar-refractivity contribution < 1.29 is 4.74 Å². The van der Waals surface area contributed by atoms with E-state index in [0.29, 0.717) is 6.54 Å². The fourth-order valence-corrected chi connectivity index (χ4v) is 2.25. The molecule has 23 heavy (non-hydrogen) atoms. The van der Waals surface area contributed by atoms with Gasteiger partial charge in [-0.1, -0.05) is 23.8 Å². The molecule has 2 N–H and O–H groups in total. The molecule has 1 rings (SSSR count). The molecule has 5 heteroatoms. The lowest BCUT2D eigenvalue weighted by molar-refractivity contribution is 0.162. The van der Waals surface area contributed by atoms with Gasteiger partial charge in [0.25, 0.3) is 0 Å². The number of benzene rings is 1. The number of rotatable bonds is 9. The highest BCUT2D eigenvalue weighted by molar-refractivity contribution is 5.79. The van der Waals surface area contributed by atoms with Gasteiger partial charge in [-0.3, -0.25) is 0 Å². The second-order valence-corrected chi connectivity index (χ2v) is 5.85. The predicted molar refractivity (Wildman–Crippen MR) is 98.1 cm³/mol. The van der Waals surface area contributed by atoms with E-state index >= 15 is 0 Å². The standard InChI is InChI=1S/C18H32N4O/c1-6-19-18(20-9-10-22(4)11-12-23-5)21-14-17-8-7-15(2)13-16(17)3/h7-8,13H,6,9-12,14H2,1-5H3,(H2,19,20,21). The van der Waals surface area contributed by atoms with Gasteiger partial charge in [-0.05, 0) is 38.9 Å². The van der Waals surface area contributed by atoms with Crippen LogP contribution in [-0.2, 0) is 11.3 Å². The zero-order chi connectivity index (χ0) is 17.1. The van der Waals surface area contributed by atoms with Crippen LogP contribution < -0.4 is 10.6 Å². The summed E-state index contributed by atoms with van der Waals surface area (Å²) in [5, 5.41) is 6.68. The maximum absolute atomic E-state index is 5.09. The summed E-state index contributed by atoms with van der Waals surface area (Å²) < 4.78 is 5.09. The van der Waals surface area contributed by atoms with E-state index in [1.807, 2.05) is 0 Å². The van der Waals surface area contributed by atoms with Gasteiger partial charge in [0.15, 0.2) is 5.96 Å². The van der Waals surface area contributed by atoms with E-state index in [2.05, 4.69) is 66.5 Å². The predicted octanol–water partition coefficient (Wildman–Crippen LogP) is 1.94. The molecule has 0 spiro atoms. The first-order valence-electron chi connectivity index (χ1n) is 8.32. The summed E-state index contributed by atoms with van der Waals surface area (Å²) in [4.78, 5) is 6.92. The molecule has 0 aliphatic rings. The van der Waals surface area contributed by atoms with Crippen LogP contribution in [0.25, 0.3) is 0 Å². The molecule has 0 unspecified atom stereocenters. The van der Waals surface area contributed by atoms with Crippen LogP contribution in [0.3, 0.4) is 0 Å². The monoisotopic (exact) mass is 320 g/mol. The minimum absolute atomic E-state index is 0.695. The summed E-state index contributed by atoms with van der Waals surface area (Å²) in [6, 6.07) is 6.51. The van der Waals surface area contributed by atoms with Gasteiger partial charge in [0, 0.05) is 33.3 Å². The minimum atomic E-state index is 0.695. The van der Waals surface area contributed by atoms with E-state index < -0.39 is 0 Å². The van der Waals surface area contributed by atoms with Gasteiger partial charge < -0.3 is 20.3 Å². The Bertz CT molecular complexity index is 488. The number of guanidine groups is 1. The van der Waals surface area contributed by atoms with Crippen molar-refractivity contribution in [2.45, 2.75) is 27.3 Å². The molecule has 0 saturated carbocycles. The van der Waals surface area contributed by atoms with Gasteiger partial charge in [-0.15, -0.1) is 0 Å². The van der Waals surface area contributed by atoms with E-state index in [1.165, 1.54) is 16.7 Å². The minimum Gasteiger partial charge on any atom is -0.383 e. The third-order valence-electron chi connectivity index (χ3n) is 3.71. The van der Waals surface area contributed by atoms with Gasteiger partial charge in [0.2, 0.25) is 0 Å². The number of nitrogens with zero attached hydrogens (tertiary/aromatic N) is 2. The molecule has 0 radical (unpaired) electrons. The molecule has 1 aromatic carbocycles. The highest BCUT2D eigenvalue weighted by atomic mass is 16.5. The second kappa shape index (κ2) is 11.0. The quantitative estimate of drug-likeness (QED) is 0.539. The Labute approximate surface area is 141 Å². The third-order valence-corrected chi connectivity index (χ3v) is 3.71. The van der Waals surface area contributed by atoms with Crippen molar-refractivity contribution in [3.8, 4) is 0 Å². The molecule has 130 valence electrons. The van der Waals surface area contributed by atoms with Crippen molar-refractivity contribution in [2.75, 3.05) is 46.9 Å². The van der Waals surface area contributed by atoms with Gasteiger partial charge in [-0.25, -0.2) is 4.99 Å². The van der Waals surface area contributed by atoms with Crippen LogP contribution in [0.4, 0.5) is 0 Å². The van der Waals surface area contributed by atoms with E-state index in [0.717, 1.165) is 38.7 Å². The van der Waals surface area contributed by atoms with Crippen molar-refractivity contribution in [2.24, 2.45) is 4.99 Å². The fourth-order valence-electron chi connectivity index (χ4n) is 2.25. The van der Waals surface area contributed by atoms with E-state index in [4.69, 9.17) is 4.74 Å². The lowest BCUT2D eigenvalue weighted by atomic mass is 10.1. The van der Waals surface area contributed by atoms with Crippen LogP contribution in [0.5, 0.6) is 0 Å². The lowest BCUT2D eigenvalue weighted by Crippen LogP contribution is -2.41. The molecule has 0 bridgehead atoms. The summed E-state index contributed by atoms with van der Waals surface area (Å²) in [6.45, 7) is 11.4. The van der Waals surface area contributed by atoms with Crippen LogP contribution >= 0.6 is 0 Å². The van der Waals surface area contributed by atoms with Crippen LogP contribution in [-0.4, -0.2) is 57.8 Å². The molecule has 5 nitrogen and oxygen atoms in total. The number of hydrogen-bond donors (Lipinski definition) is 2. The van der Waals surface area contributed by atoms with Crippen LogP contribution in [0.15, 0.2) is 23.2 Å². The zero-order valence-corrected chi connectivity index (χ0v) is 15.3. The van der Waals surface area contributed by atoms with Crippen LogP contribution in [0, 0.1) is 13.8 Å². The Balaban J connectivity index is 2.49. The second-order valence-electron chi connectivity index (χ2n) is 5.85.